The van der Waals surface area contributed by atoms with Gasteiger partial charge in [-0.2, -0.15) is 0 Å². The van der Waals surface area contributed by atoms with Crippen LogP contribution in [0.1, 0.15) is 37.8 Å². The molecule has 2 aliphatic rings. The summed E-state index contributed by atoms with van der Waals surface area (Å²) in [6.07, 6.45) is 2.63. The van der Waals surface area contributed by atoms with Crippen LogP contribution in [0.2, 0.25) is 10.5 Å². The second kappa shape index (κ2) is 11.4. The van der Waals surface area contributed by atoms with Gasteiger partial charge in [0.05, 0.1) is 0 Å². The normalized spacial score (nSPS) is 20.2. The number of benzene rings is 2. The van der Waals surface area contributed by atoms with Crippen LogP contribution < -0.4 is 9.47 Å². The van der Waals surface area contributed by atoms with Gasteiger partial charge in [-0.1, -0.05) is 0 Å². The van der Waals surface area contributed by atoms with E-state index in [0.29, 0.717) is 0 Å². The first-order chi connectivity index (χ1) is 16.1. The second-order valence-electron chi connectivity index (χ2n) is 8.58. The Morgan fingerprint density at radius 3 is 1.24 bits per heavy atom. The van der Waals surface area contributed by atoms with E-state index in [1.807, 2.05) is 0 Å². The molecule has 0 bridgehead atoms. The molecule has 0 amide bonds. The number of hydrogen-bond acceptors (Lipinski definition) is 6. The van der Waals surface area contributed by atoms with Crippen molar-refractivity contribution in [2.45, 2.75) is 43.0 Å². The van der Waals surface area contributed by atoms with Crippen LogP contribution in [0.3, 0.4) is 0 Å². The molecule has 2 saturated heterocycles. The van der Waals surface area contributed by atoms with Crippen LogP contribution in [0.5, 0.6) is 11.5 Å². The van der Waals surface area contributed by atoms with Crippen molar-refractivity contribution in [2.24, 2.45) is 0 Å². The van der Waals surface area contributed by atoms with Gasteiger partial charge in [0.1, 0.15) is 0 Å². The Bertz CT molecular complexity index is 816. The first-order valence-electron chi connectivity index (χ1n) is 12.0. The van der Waals surface area contributed by atoms with Crippen LogP contribution in [0.25, 0.3) is 0 Å². The Hall–Kier alpha value is -0.0171. The van der Waals surface area contributed by atoms with Crippen molar-refractivity contribution < 1.29 is 9.47 Å². The summed E-state index contributed by atoms with van der Waals surface area (Å²) >= 11 is 6.39. The maximum absolute atomic E-state index is 5.54. The fraction of sp³-hybridized carbons (Fsp3) is 0.538. The van der Waals surface area contributed by atoms with E-state index < -0.39 is 13.3 Å². The van der Waals surface area contributed by atoms with Crippen molar-refractivity contribution in [1.29, 1.82) is 0 Å². The molecule has 0 radical (unpaired) electrons. The average molecular weight is 581 g/mol. The van der Waals surface area contributed by atoms with Crippen molar-refractivity contribution in [3.63, 3.8) is 0 Å². The monoisotopic (exact) mass is 582 g/mol. The Morgan fingerprint density at radius 1 is 0.636 bits per heavy atom. The van der Waals surface area contributed by atoms with Crippen LogP contribution in [0.15, 0.2) is 48.5 Å². The van der Waals surface area contributed by atoms with E-state index in [2.05, 4.69) is 109 Å². The third-order valence-electron chi connectivity index (χ3n) is 7.21. The Morgan fingerprint density at radius 2 is 0.970 bits per heavy atom. The number of rotatable bonds is 8. The van der Waals surface area contributed by atoms with Crippen LogP contribution in [-0.2, 0) is 5.82 Å². The second-order valence-corrected chi connectivity index (χ2v) is 28.0. The van der Waals surface area contributed by atoms with Gasteiger partial charge in [-0.3, -0.25) is 0 Å². The van der Waals surface area contributed by atoms with Crippen molar-refractivity contribution >= 4 is 60.3 Å². The van der Waals surface area contributed by atoms with Crippen LogP contribution in [0.4, 0.5) is 0 Å². The summed E-state index contributed by atoms with van der Waals surface area (Å²) in [6.45, 7) is 5.04. The number of methoxy groups -OCH3 is 2. The topological polar surface area (TPSA) is 18.5 Å². The van der Waals surface area contributed by atoms with Gasteiger partial charge in [0.25, 0.3) is 0 Å². The molecule has 0 N–H and O–H groups in total. The summed E-state index contributed by atoms with van der Waals surface area (Å²) in [5.41, 5.74) is 3.06. The molecule has 7 heteroatoms. The van der Waals surface area contributed by atoms with E-state index in [0.717, 1.165) is 11.5 Å². The third kappa shape index (κ3) is 4.49. The summed E-state index contributed by atoms with van der Waals surface area (Å²) in [5, 5.41) is 2.66. The van der Waals surface area contributed by atoms with Gasteiger partial charge in [-0.15, -0.1) is 0 Å². The molecule has 0 aliphatic carbocycles. The molecule has 2 nitrogen and oxygen atoms in total. The molecule has 0 atom stereocenters. The predicted octanol–water partition coefficient (Wildman–Crippen LogP) is 8.02. The zero-order chi connectivity index (χ0) is 23.4. The van der Waals surface area contributed by atoms with E-state index >= 15 is 0 Å². The summed E-state index contributed by atoms with van der Waals surface area (Å²) in [4.78, 5) is 0. The fourth-order valence-electron chi connectivity index (χ4n) is 5.52. The van der Waals surface area contributed by atoms with Gasteiger partial charge in [-0.25, -0.2) is 0 Å². The first-order valence-corrected chi connectivity index (χ1v) is 21.0. The molecule has 2 aromatic carbocycles. The zero-order valence-corrected chi connectivity index (χ0v) is 25.6. The molecule has 0 aromatic heterocycles. The van der Waals surface area contributed by atoms with Crippen LogP contribution in [0, 0.1) is 0 Å². The summed E-state index contributed by atoms with van der Waals surface area (Å²) in [7, 11) is 3.53. The molecule has 4 rings (SSSR count). The van der Waals surface area contributed by atoms with Gasteiger partial charge >= 0.3 is 221 Å². The Balaban J connectivity index is 1.94. The van der Waals surface area contributed by atoms with E-state index in [1.165, 1.54) is 57.5 Å². The Kier molecular flexibility index (Phi) is 8.97. The zero-order valence-electron chi connectivity index (χ0n) is 20.2. The minimum atomic E-state index is -2.74. The molecular weight excluding hydrogens is 545 g/mol. The molecule has 33 heavy (non-hydrogen) atoms. The summed E-state index contributed by atoms with van der Waals surface area (Å²) < 4.78 is 11.4. The number of hydrogen-bond donors (Lipinski definition) is 0. The molecule has 0 unspecified atom stereocenters. The third-order valence-corrected chi connectivity index (χ3v) is 36.5. The van der Waals surface area contributed by atoms with Gasteiger partial charge in [0, 0.05) is 0 Å². The predicted molar refractivity (Wildman–Crippen MR) is 155 cm³/mol. The Labute approximate surface area is 219 Å². The van der Waals surface area contributed by atoms with Gasteiger partial charge in [0.15, 0.2) is 0 Å². The SMILES string of the molecule is C[CH2][Ge]([CH2]C)([C]1(c2ccc(OC)cc2)SCCCS1)[C]1(c2ccc(OC)cc2)SCCCS1. The molecule has 0 saturated carbocycles. The van der Waals surface area contributed by atoms with Crippen LogP contribution in [-0.4, -0.2) is 50.5 Å². The maximum atomic E-state index is 5.54. The van der Waals surface area contributed by atoms with Gasteiger partial charge in [-0.05, 0) is 0 Å². The molecular formula is C26H36GeO2S4. The molecule has 2 heterocycles. The van der Waals surface area contributed by atoms with E-state index in [4.69, 9.17) is 9.47 Å². The van der Waals surface area contributed by atoms with Gasteiger partial charge < -0.3 is 0 Å². The van der Waals surface area contributed by atoms with E-state index in [1.54, 1.807) is 14.2 Å². The quantitative estimate of drug-likeness (QED) is 0.292. The van der Waals surface area contributed by atoms with Gasteiger partial charge in [0.2, 0.25) is 0 Å². The number of ether oxygens (including phenoxy) is 2. The van der Waals surface area contributed by atoms with Crippen molar-refractivity contribution in [3.05, 3.63) is 59.7 Å². The first kappa shape index (κ1) is 26.1. The molecule has 2 aromatic rings. The molecule has 0 spiro atoms. The minimum absolute atomic E-state index is 0.186. The van der Waals surface area contributed by atoms with Crippen molar-refractivity contribution in [2.75, 3.05) is 37.2 Å². The molecule has 2 fully saturated rings. The summed E-state index contributed by atoms with van der Waals surface area (Å²) in [6, 6.07) is 18.3. The fourth-order valence-corrected chi connectivity index (χ4v) is 41.1. The van der Waals surface area contributed by atoms with Crippen molar-refractivity contribution in [3.8, 4) is 11.5 Å². The number of thioether (sulfide) groups is 4. The van der Waals surface area contributed by atoms with Crippen molar-refractivity contribution in [1.82, 2.24) is 0 Å². The average Bonchev–Trinajstić information content (AvgIpc) is 2.91. The molecule has 2 aliphatic heterocycles. The van der Waals surface area contributed by atoms with Crippen LogP contribution >= 0.6 is 47.0 Å². The standard InChI is InChI=1S/C26H36GeO2S4/c1-5-27(6-2,25(30-17-7-18-31-25)21-9-13-23(28-3)14-10-21)26(32-19-8-20-33-26)22-11-15-24(29-4)16-12-22/h9-16H,5-8,17-20H2,1-4H3. The van der Waals surface area contributed by atoms with E-state index in [9.17, 15) is 0 Å². The summed E-state index contributed by atoms with van der Waals surface area (Å²) in [5.74, 6) is 6.97. The molecule has 180 valence electrons. The van der Waals surface area contributed by atoms with E-state index in [-0.39, 0.29) is 5.82 Å².